The molecule has 108 valence electrons. The first-order valence-corrected chi connectivity index (χ1v) is 7.20. The molecule has 3 rings (SSSR count). The molecule has 5 heteroatoms. The van der Waals surface area contributed by atoms with Gasteiger partial charge >= 0.3 is 0 Å². The van der Waals surface area contributed by atoms with Gasteiger partial charge in [0.15, 0.2) is 0 Å². The minimum absolute atomic E-state index is 0.157. The molecule has 1 aromatic carbocycles. The molecule has 3 aromatic rings. The quantitative estimate of drug-likeness (QED) is 0.688. The van der Waals surface area contributed by atoms with Crippen LogP contribution in [-0.2, 0) is 6.54 Å². The van der Waals surface area contributed by atoms with E-state index in [1.165, 1.54) is 5.56 Å². The van der Waals surface area contributed by atoms with Crippen LogP contribution in [0.4, 0.5) is 0 Å². The SMILES string of the molecule is COc1ccc(Cn2c(C(C)Cl)nc3cnccc32)cc1. The van der Waals surface area contributed by atoms with Gasteiger partial charge in [-0.15, -0.1) is 11.6 Å². The number of alkyl halides is 1. The van der Waals surface area contributed by atoms with Gasteiger partial charge in [-0.05, 0) is 30.7 Å². The molecule has 2 aromatic heterocycles. The molecule has 0 aliphatic carbocycles. The lowest BCUT2D eigenvalue weighted by atomic mass is 10.2. The van der Waals surface area contributed by atoms with Crippen LogP contribution in [0.25, 0.3) is 11.0 Å². The average Bonchev–Trinajstić information content (AvgIpc) is 2.87. The Hall–Kier alpha value is -2.07. The molecule has 1 unspecified atom stereocenters. The fraction of sp³-hybridized carbons (Fsp3) is 0.250. The molecule has 0 N–H and O–H groups in total. The van der Waals surface area contributed by atoms with Crippen molar-refractivity contribution in [3.63, 3.8) is 0 Å². The molecule has 0 fully saturated rings. The summed E-state index contributed by atoms with van der Waals surface area (Å²) in [5.74, 6) is 1.71. The Bertz CT molecular complexity index is 750. The lowest BCUT2D eigenvalue weighted by Gasteiger charge is -2.11. The zero-order chi connectivity index (χ0) is 14.8. The second kappa shape index (κ2) is 5.74. The van der Waals surface area contributed by atoms with Crippen molar-refractivity contribution in [2.24, 2.45) is 0 Å². The summed E-state index contributed by atoms with van der Waals surface area (Å²) in [5, 5.41) is -0.157. The van der Waals surface area contributed by atoms with Crippen molar-refractivity contribution in [1.82, 2.24) is 14.5 Å². The maximum absolute atomic E-state index is 6.27. The minimum atomic E-state index is -0.157. The van der Waals surface area contributed by atoms with Gasteiger partial charge in [0, 0.05) is 12.7 Å². The van der Waals surface area contributed by atoms with Gasteiger partial charge in [-0.3, -0.25) is 4.98 Å². The Morgan fingerprint density at radius 2 is 2.00 bits per heavy atom. The Morgan fingerprint density at radius 1 is 1.24 bits per heavy atom. The van der Waals surface area contributed by atoms with E-state index in [0.29, 0.717) is 0 Å². The van der Waals surface area contributed by atoms with Gasteiger partial charge < -0.3 is 9.30 Å². The molecular formula is C16H16ClN3O. The van der Waals surface area contributed by atoms with Crippen molar-refractivity contribution in [2.45, 2.75) is 18.8 Å². The van der Waals surface area contributed by atoms with Gasteiger partial charge in [0.2, 0.25) is 0 Å². The fourth-order valence-electron chi connectivity index (χ4n) is 2.38. The highest BCUT2D eigenvalue weighted by molar-refractivity contribution is 6.20. The number of aromatic nitrogens is 3. The van der Waals surface area contributed by atoms with E-state index < -0.39 is 0 Å². The van der Waals surface area contributed by atoms with Crippen molar-refractivity contribution in [2.75, 3.05) is 7.11 Å². The molecule has 4 nitrogen and oxygen atoms in total. The predicted molar refractivity (Wildman–Crippen MR) is 83.9 cm³/mol. The summed E-state index contributed by atoms with van der Waals surface area (Å²) < 4.78 is 7.32. The summed E-state index contributed by atoms with van der Waals surface area (Å²) in [6, 6.07) is 9.98. The van der Waals surface area contributed by atoms with Gasteiger partial charge in [-0.2, -0.15) is 0 Å². The molecule has 21 heavy (non-hydrogen) atoms. The summed E-state index contributed by atoms with van der Waals surface area (Å²) in [4.78, 5) is 8.71. The molecule has 0 saturated carbocycles. The number of nitrogens with zero attached hydrogens (tertiary/aromatic N) is 3. The number of rotatable bonds is 4. The first-order valence-electron chi connectivity index (χ1n) is 6.76. The van der Waals surface area contributed by atoms with Crippen LogP contribution >= 0.6 is 11.6 Å². The van der Waals surface area contributed by atoms with Crippen LogP contribution in [0.2, 0.25) is 0 Å². The van der Waals surface area contributed by atoms with Crippen LogP contribution < -0.4 is 4.74 Å². The number of halogens is 1. The first-order chi connectivity index (χ1) is 10.2. The normalized spacial score (nSPS) is 12.5. The lowest BCUT2D eigenvalue weighted by Crippen LogP contribution is -2.05. The highest BCUT2D eigenvalue weighted by Gasteiger charge is 2.15. The number of hydrogen-bond donors (Lipinski definition) is 0. The molecule has 0 aliphatic rings. The number of benzene rings is 1. The molecule has 0 saturated heterocycles. The summed E-state index contributed by atoms with van der Waals surface area (Å²) in [5.41, 5.74) is 3.09. The fourth-order valence-corrected chi connectivity index (χ4v) is 2.55. The third-order valence-corrected chi connectivity index (χ3v) is 3.63. The van der Waals surface area contributed by atoms with E-state index in [4.69, 9.17) is 16.3 Å². The molecule has 2 heterocycles. The first kappa shape index (κ1) is 13.9. The van der Waals surface area contributed by atoms with E-state index in [9.17, 15) is 0 Å². The highest BCUT2D eigenvalue weighted by Crippen LogP contribution is 2.25. The number of ether oxygens (including phenoxy) is 1. The van der Waals surface area contributed by atoms with E-state index in [0.717, 1.165) is 29.2 Å². The Kier molecular flexibility index (Phi) is 3.80. The zero-order valence-electron chi connectivity index (χ0n) is 12.0. The van der Waals surface area contributed by atoms with Crippen molar-refractivity contribution in [3.05, 3.63) is 54.1 Å². The van der Waals surface area contributed by atoms with Crippen LogP contribution in [0, 0.1) is 0 Å². The van der Waals surface area contributed by atoms with Crippen LogP contribution in [0.1, 0.15) is 23.7 Å². The maximum atomic E-state index is 6.27. The van der Waals surface area contributed by atoms with Crippen molar-refractivity contribution in [3.8, 4) is 5.75 Å². The van der Waals surface area contributed by atoms with Crippen molar-refractivity contribution < 1.29 is 4.74 Å². The standard InChI is InChI=1S/C16H16ClN3O/c1-11(17)16-19-14-9-18-8-7-15(14)20(16)10-12-3-5-13(21-2)6-4-12/h3-9,11H,10H2,1-2H3. The number of methoxy groups -OCH3 is 1. The molecule has 0 spiro atoms. The van der Waals surface area contributed by atoms with Gasteiger partial charge in [0.1, 0.15) is 17.1 Å². The summed E-state index contributed by atoms with van der Waals surface area (Å²) in [6.45, 7) is 2.65. The Balaban J connectivity index is 2.03. The highest BCUT2D eigenvalue weighted by atomic mass is 35.5. The second-order valence-electron chi connectivity index (χ2n) is 4.88. The minimum Gasteiger partial charge on any atom is -0.497 e. The van der Waals surface area contributed by atoms with Gasteiger partial charge in [0.25, 0.3) is 0 Å². The van der Waals surface area contributed by atoms with Crippen LogP contribution in [-0.4, -0.2) is 21.6 Å². The van der Waals surface area contributed by atoms with Gasteiger partial charge in [0.05, 0.1) is 24.2 Å². The van der Waals surface area contributed by atoms with Gasteiger partial charge in [-0.1, -0.05) is 12.1 Å². The van der Waals surface area contributed by atoms with E-state index in [-0.39, 0.29) is 5.38 Å². The van der Waals surface area contributed by atoms with Crippen molar-refractivity contribution >= 4 is 22.6 Å². The summed E-state index contributed by atoms with van der Waals surface area (Å²) in [6.07, 6.45) is 3.54. The number of hydrogen-bond acceptors (Lipinski definition) is 3. The molecule has 0 aliphatic heterocycles. The van der Waals surface area contributed by atoms with Gasteiger partial charge in [-0.25, -0.2) is 4.98 Å². The number of pyridine rings is 1. The van der Waals surface area contributed by atoms with E-state index >= 15 is 0 Å². The molecule has 0 amide bonds. The van der Waals surface area contributed by atoms with E-state index in [1.807, 2.05) is 25.1 Å². The Morgan fingerprint density at radius 3 is 2.67 bits per heavy atom. The largest absolute Gasteiger partial charge is 0.497 e. The second-order valence-corrected chi connectivity index (χ2v) is 5.54. The van der Waals surface area contributed by atoms with Crippen LogP contribution in [0.5, 0.6) is 5.75 Å². The van der Waals surface area contributed by atoms with Crippen LogP contribution in [0.3, 0.4) is 0 Å². The van der Waals surface area contributed by atoms with Crippen LogP contribution in [0.15, 0.2) is 42.7 Å². The van der Waals surface area contributed by atoms with E-state index in [1.54, 1.807) is 19.5 Å². The topological polar surface area (TPSA) is 39.9 Å². The summed E-state index contributed by atoms with van der Waals surface area (Å²) >= 11 is 6.27. The predicted octanol–water partition coefficient (Wildman–Crippen LogP) is 3.79. The third kappa shape index (κ3) is 2.72. The molecule has 0 bridgehead atoms. The summed E-state index contributed by atoms with van der Waals surface area (Å²) in [7, 11) is 1.67. The Labute approximate surface area is 128 Å². The average molecular weight is 302 g/mol. The molecular weight excluding hydrogens is 286 g/mol. The zero-order valence-corrected chi connectivity index (χ0v) is 12.7. The van der Waals surface area contributed by atoms with Crippen molar-refractivity contribution in [1.29, 1.82) is 0 Å². The lowest BCUT2D eigenvalue weighted by molar-refractivity contribution is 0.414. The monoisotopic (exact) mass is 301 g/mol. The van der Waals surface area contributed by atoms with E-state index in [2.05, 4.69) is 26.7 Å². The smallest absolute Gasteiger partial charge is 0.128 e. The maximum Gasteiger partial charge on any atom is 0.128 e. The molecule has 1 atom stereocenters. The third-order valence-electron chi connectivity index (χ3n) is 3.44. The molecule has 0 radical (unpaired) electrons. The number of fused-ring (bicyclic) bond motifs is 1. The number of imidazole rings is 1.